The molecule has 0 amide bonds. The summed E-state index contributed by atoms with van der Waals surface area (Å²) in [6.07, 6.45) is 72.1. The van der Waals surface area contributed by atoms with Gasteiger partial charge in [0.2, 0.25) is 0 Å². The van der Waals surface area contributed by atoms with Gasteiger partial charge in [0.15, 0.2) is 6.10 Å². The van der Waals surface area contributed by atoms with Crippen molar-refractivity contribution in [1.29, 1.82) is 0 Å². The second-order valence-corrected chi connectivity index (χ2v) is 19.9. The van der Waals surface area contributed by atoms with Crippen LogP contribution in [0.1, 0.15) is 303 Å². The molecule has 0 aromatic heterocycles. The average molecular weight is 966 g/mol. The van der Waals surface area contributed by atoms with Crippen molar-refractivity contribution in [1.82, 2.24) is 0 Å². The first kappa shape index (κ1) is 66.1. The molecule has 0 saturated heterocycles. The summed E-state index contributed by atoms with van der Waals surface area (Å²) in [6.45, 7) is 6.45. The van der Waals surface area contributed by atoms with Crippen molar-refractivity contribution in [3.8, 4) is 0 Å². The van der Waals surface area contributed by atoms with Gasteiger partial charge in [-0.25, -0.2) is 0 Å². The number of unbranched alkanes of at least 4 members (excludes halogenated alkanes) is 33. The Kier molecular flexibility index (Phi) is 55.3. The fraction of sp³-hybridized carbons (Fsp3) is 0.794. The van der Waals surface area contributed by atoms with Gasteiger partial charge in [-0.2, -0.15) is 0 Å². The molecule has 0 N–H and O–H groups in total. The van der Waals surface area contributed by atoms with E-state index in [-0.39, 0.29) is 31.1 Å². The monoisotopic (exact) mass is 965 g/mol. The average Bonchev–Trinajstić information content (AvgIpc) is 3.35. The van der Waals surface area contributed by atoms with Crippen LogP contribution in [0.2, 0.25) is 0 Å². The van der Waals surface area contributed by atoms with Gasteiger partial charge in [-0.1, -0.05) is 268 Å². The van der Waals surface area contributed by atoms with Crippen molar-refractivity contribution in [2.24, 2.45) is 0 Å². The Balaban J connectivity index is 4.34. The number of rotatable bonds is 54. The lowest BCUT2D eigenvalue weighted by molar-refractivity contribution is -0.167. The normalized spacial score (nSPS) is 12.4. The van der Waals surface area contributed by atoms with E-state index in [1.807, 2.05) is 0 Å². The van der Waals surface area contributed by atoms with Gasteiger partial charge in [-0.3, -0.25) is 14.4 Å². The van der Waals surface area contributed by atoms with E-state index in [0.29, 0.717) is 19.3 Å². The van der Waals surface area contributed by atoms with Gasteiger partial charge in [-0.05, 0) is 77.0 Å². The van der Waals surface area contributed by atoms with Crippen LogP contribution in [0.25, 0.3) is 0 Å². The van der Waals surface area contributed by atoms with Crippen molar-refractivity contribution in [2.45, 2.75) is 309 Å². The number of carbonyl (C=O) groups is 3. The second-order valence-electron chi connectivity index (χ2n) is 19.9. The van der Waals surface area contributed by atoms with Crippen LogP contribution in [0.3, 0.4) is 0 Å². The summed E-state index contributed by atoms with van der Waals surface area (Å²) in [4.78, 5) is 38.2. The van der Waals surface area contributed by atoms with Crippen LogP contribution in [0.4, 0.5) is 0 Å². The van der Waals surface area contributed by atoms with Crippen molar-refractivity contribution < 1.29 is 28.6 Å². The number of hydrogen-bond donors (Lipinski definition) is 0. The third-order valence-electron chi connectivity index (χ3n) is 13.0. The Morgan fingerprint density at radius 2 is 0.565 bits per heavy atom. The molecule has 0 rings (SSSR count). The maximum atomic E-state index is 12.9. The summed E-state index contributed by atoms with van der Waals surface area (Å²) in [5.74, 6) is -0.875. The summed E-state index contributed by atoms with van der Waals surface area (Å²) < 4.78 is 16.9. The van der Waals surface area contributed by atoms with Gasteiger partial charge in [0.1, 0.15) is 13.2 Å². The summed E-state index contributed by atoms with van der Waals surface area (Å²) in [5.41, 5.74) is 0. The van der Waals surface area contributed by atoms with Crippen LogP contribution in [0.15, 0.2) is 60.8 Å². The number of hydrogen-bond acceptors (Lipinski definition) is 6. The van der Waals surface area contributed by atoms with E-state index in [1.165, 1.54) is 167 Å². The standard InChI is InChI=1S/C63H112O6/c1-4-7-10-13-16-19-22-25-28-30-32-34-35-38-41-44-47-50-53-56-62(65)68-59-60(58-67-61(64)55-52-49-46-43-40-37-27-24-21-18-15-12-9-6-3)69-63(66)57-54-51-48-45-42-39-36-33-31-29-26-23-20-17-14-11-8-5-2/h7,9-10,12,16,18-19,21,25,28,60H,4-6,8,11,13-15,17,20,22-24,26-27,29-59H2,1-3H3/b10-7-,12-9-,19-16-,21-18-,28-25-. The van der Waals surface area contributed by atoms with Crippen LogP contribution >= 0.6 is 0 Å². The minimum absolute atomic E-state index is 0.0769. The van der Waals surface area contributed by atoms with E-state index in [9.17, 15) is 14.4 Å². The zero-order valence-corrected chi connectivity index (χ0v) is 45.8. The summed E-state index contributed by atoms with van der Waals surface area (Å²) in [7, 11) is 0. The molecule has 6 heteroatoms. The van der Waals surface area contributed by atoms with Gasteiger partial charge in [0.05, 0.1) is 0 Å². The molecule has 0 aliphatic rings. The SMILES string of the molecule is CC/C=C\C/C=C\C/C=C\CCCCCCCCCCCC(=O)OCC(COC(=O)CCCCCCCCC/C=C\C/C=C\CC)OC(=O)CCCCCCCCCCCCCCCCCCCC. The van der Waals surface area contributed by atoms with E-state index in [0.717, 1.165) is 96.3 Å². The Hall–Kier alpha value is -2.89. The molecule has 0 aromatic carbocycles. The quantitative estimate of drug-likeness (QED) is 0.0262. The largest absolute Gasteiger partial charge is 0.462 e. The van der Waals surface area contributed by atoms with E-state index in [4.69, 9.17) is 14.2 Å². The molecule has 1 unspecified atom stereocenters. The maximum Gasteiger partial charge on any atom is 0.306 e. The van der Waals surface area contributed by atoms with E-state index >= 15 is 0 Å². The first-order valence-electron chi connectivity index (χ1n) is 29.8. The number of carbonyl (C=O) groups excluding carboxylic acids is 3. The molecule has 0 spiro atoms. The molecule has 0 heterocycles. The minimum Gasteiger partial charge on any atom is -0.462 e. The highest BCUT2D eigenvalue weighted by atomic mass is 16.6. The highest BCUT2D eigenvalue weighted by molar-refractivity contribution is 5.71. The molecular weight excluding hydrogens is 853 g/mol. The molecule has 0 radical (unpaired) electrons. The smallest absolute Gasteiger partial charge is 0.306 e. The molecule has 0 aliphatic heterocycles. The molecule has 400 valence electrons. The van der Waals surface area contributed by atoms with Crippen LogP contribution in [0, 0.1) is 0 Å². The fourth-order valence-electron chi connectivity index (χ4n) is 8.61. The van der Waals surface area contributed by atoms with Gasteiger partial charge in [0, 0.05) is 19.3 Å². The molecular formula is C63H112O6. The van der Waals surface area contributed by atoms with Crippen molar-refractivity contribution in [3.05, 3.63) is 60.8 Å². The topological polar surface area (TPSA) is 78.9 Å². The lowest BCUT2D eigenvalue weighted by atomic mass is 10.0. The third kappa shape index (κ3) is 55.9. The van der Waals surface area contributed by atoms with Crippen LogP contribution in [-0.2, 0) is 28.6 Å². The predicted molar refractivity (Wildman–Crippen MR) is 298 cm³/mol. The van der Waals surface area contributed by atoms with E-state index in [1.54, 1.807) is 0 Å². The minimum atomic E-state index is -0.778. The Bertz CT molecular complexity index is 1250. The lowest BCUT2D eigenvalue weighted by Gasteiger charge is -2.18. The molecule has 69 heavy (non-hydrogen) atoms. The molecule has 0 saturated carbocycles. The molecule has 6 nitrogen and oxygen atoms in total. The van der Waals surface area contributed by atoms with Crippen LogP contribution in [0.5, 0.6) is 0 Å². The highest BCUT2D eigenvalue weighted by Crippen LogP contribution is 2.17. The van der Waals surface area contributed by atoms with Crippen molar-refractivity contribution >= 4 is 17.9 Å². The molecule has 0 fully saturated rings. The number of ether oxygens (including phenoxy) is 3. The predicted octanol–water partition coefficient (Wildman–Crippen LogP) is 20.0. The van der Waals surface area contributed by atoms with Gasteiger partial charge >= 0.3 is 17.9 Å². The first-order chi connectivity index (χ1) is 34.0. The summed E-state index contributed by atoms with van der Waals surface area (Å²) in [5, 5.41) is 0. The fourth-order valence-corrected chi connectivity index (χ4v) is 8.61. The van der Waals surface area contributed by atoms with Crippen molar-refractivity contribution in [2.75, 3.05) is 13.2 Å². The molecule has 0 aromatic rings. The van der Waals surface area contributed by atoms with Crippen LogP contribution < -0.4 is 0 Å². The number of esters is 3. The summed E-state index contributed by atoms with van der Waals surface area (Å²) >= 11 is 0. The zero-order valence-electron chi connectivity index (χ0n) is 45.8. The number of allylic oxidation sites excluding steroid dienone is 10. The highest BCUT2D eigenvalue weighted by Gasteiger charge is 2.19. The Morgan fingerprint density at radius 1 is 0.304 bits per heavy atom. The second kappa shape index (κ2) is 57.7. The Labute approximate surface area is 428 Å². The van der Waals surface area contributed by atoms with Crippen LogP contribution in [-0.4, -0.2) is 37.2 Å². The molecule has 0 aliphatic carbocycles. The first-order valence-corrected chi connectivity index (χ1v) is 29.8. The van der Waals surface area contributed by atoms with Gasteiger partial charge in [-0.15, -0.1) is 0 Å². The lowest BCUT2D eigenvalue weighted by Crippen LogP contribution is -2.30. The Morgan fingerprint density at radius 3 is 0.884 bits per heavy atom. The van der Waals surface area contributed by atoms with Crippen molar-refractivity contribution in [3.63, 3.8) is 0 Å². The zero-order chi connectivity index (χ0) is 50.0. The third-order valence-corrected chi connectivity index (χ3v) is 13.0. The molecule has 0 bridgehead atoms. The summed E-state index contributed by atoms with van der Waals surface area (Å²) in [6, 6.07) is 0. The van der Waals surface area contributed by atoms with Gasteiger partial charge < -0.3 is 14.2 Å². The van der Waals surface area contributed by atoms with Gasteiger partial charge in [0.25, 0.3) is 0 Å². The van der Waals surface area contributed by atoms with E-state index < -0.39 is 6.10 Å². The maximum absolute atomic E-state index is 12.9. The van der Waals surface area contributed by atoms with E-state index in [2.05, 4.69) is 81.5 Å². The molecule has 1 atom stereocenters.